The van der Waals surface area contributed by atoms with Crippen LogP contribution in [-0.4, -0.2) is 18.7 Å². The molecule has 0 bridgehead atoms. The van der Waals surface area contributed by atoms with Crippen LogP contribution in [0.25, 0.3) is 0 Å². The number of ether oxygens (including phenoxy) is 1. The molecule has 0 heterocycles. The predicted octanol–water partition coefficient (Wildman–Crippen LogP) is 3.02. The minimum Gasteiger partial charge on any atom is -0.446 e. The third-order valence-electron chi connectivity index (χ3n) is 3.26. The summed E-state index contributed by atoms with van der Waals surface area (Å²) >= 11 is 5.95. The molecule has 0 radical (unpaired) electrons. The Morgan fingerprint density at radius 2 is 2.22 bits per heavy atom. The Bertz CT molecular complexity index is 425. The van der Waals surface area contributed by atoms with E-state index < -0.39 is 6.09 Å². The van der Waals surface area contributed by atoms with Gasteiger partial charge in [-0.3, -0.25) is 5.32 Å². The number of hydrogen-bond donors (Lipinski definition) is 2. The number of carbonyl (C=O) groups is 1. The van der Waals surface area contributed by atoms with Crippen LogP contribution in [0.15, 0.2) is 24.3 Å². The zero-order chi connectivity index (χ0) is 13.0. The number of hydrogen-bond acceptors (Lipinski definition) is 3. The second kappa shape index (κ2) is 6.07. The van der Waals surface area contributed by atoms with Crippen molar-refractivity contribution in [3.05, 3.63) is 29.3 Å². The summed E-state index contributed by atoms with van der Waals surface area (Å²) < 4.78 is 5.39. The molecule has 1 aromatic carbocycles. The number of anilines is 1. The van der Waals surface area contributed by atoms with Gasteiger partial charge in [0.15, 0.2) is 0 Å². The smallest absolute Gasteiger partial charge is 0.411 e. The highest BCUT2D eigenvalue weighted by Gasteiger charge is 2.29. The molecule has 0 aliphatic heterocycles. The molecular weight excluding hydrogens is 252 g/mol. The minimum absolute atomic E-state index is 0.0718. The van der Waals surface area contributed by atoms with Crippen LogP contribution >= 0.6 is 11.6 Å². The fourth-order valence-corrected chi connectivity index (χ4v) is 2.45. The van der Waals surface area contributed by atoms with Gasteiger partial charge in [0.05, 0.1) is 10.7 Å². The molecule has 0 aromatic heterocycles. The van der Waals surface area contributed by atoms with E-state index in [1.807, 2.05) is 0 Å². The standard InChI is InChI=1S/C13H17ClN2O2/c14-10-5-1-2-6-11(10)16-13(17)18-12-7-3-4-9(12)8-15/h1-2,5-6,9,12H,3-4,7-8,15H2,(H,16,17). The highest BCUT2D eigenvalue weighted by Crippen LogP contribution is 2.28. The van der Waals surface area contributed by atoms with Gasteiger partial charge < -0.3 is 10.5 Å². The lowest BCUT2D eigenvalue weighted by molar-refractivity contribution is 0.0893. The van der Waals surface area contributed by atoms with Crippen LogP contribution in [0.4, 0.5) is 10.5 Å². The molecule has 2 atom stereocenters. The molecule has 1 aliphatic carbocycles. The van der Waals surface area contributed by atoms with Crippen LogP contribution in [0.2, 0.25) is 5.02 Å². The van der Waals surface area contributed by atoms with Gasteiger partial charge in [0.2, 0.25) is 0 Å². The summed E-state index contributed by atoms with van der Waals surface area (Å²) in [5.74, 6) is 0.280. The largest absolute Gasteiger partial charge is 0.446 e. The Morgan fingerprint density at radius 3 is 2.94 bits per heavy atom. The van der Waals surface area contributed by atoms with Crippen LogP contribution in [0.1, 0.15) is 19.3 Å². The van der Waals surface area contributed by atoms with Gasteiger partial charge in [-0.15, -0.1) is 0 Å². The van der Waals surface area contributed by atoms with Gasteiger partial charge in [-0.25, -0.2) is 4.79 Å². The van der Waals surface area contributed by atoms with Gasteiger partial charge in [0.25, 0.3) is 0 Å². The third-order valence-corrected chi connectivity index (χ3v) is 3.59. The molecule has 1 fully saturated rings. The number of carbonyl (C=O) groups excluding carboxylic acids is 1. The van der Waals surface area contributed by atoms with Crippen molar-refractivity contribution in [2.24, 2.45) is 11.7 Å². The molecule has 5 heteroatoms. The highest BCUT2D eigenvalue weighted by atomic mass is 35.5. The molecule has 4 nitrogen and oxygen atoms in total. The number of halogens is 1. The monoisotopic (exact) mass is 268 g/mol. The van der Waals surface area contributed by atoms with Crippen molar-refractivity contribution in [3.8, 4) is 0 Å². The van der Waals surface area contributed by atoms with E-state index in [-0.39, 0.29) is 12.0 Å². The zero-order valence-corrected chi connectivity index (χ0v) is 10.8. The number of benzene rings is 1. The van der Waals surface area contributed by atoms with Crippen molar-refractivity contribution < 1.29 is 9.53 Å². The molecule has 1 saturated carbocycles. The van der Waals surface area contributed by atoms with Crippen LogP contribution in [0, 0.1) is 5.92 Å². The Balaban J connectivity index is 1.91. The number of nitrogens with two attached hydrogens (primary N) is 1. The average Bonchev–Trinajstić information content (AvgIpc) is 2.79. The Hall–Kier alpha value is -1.26. The first-order valence-corrected chi connectivity index (χ1v) is 6.50. The van der Waals surface area contributed by atoms with E-state index in [1.54, 1.807) is 24.3 Å². The second-order valence-corrected chi connectivity index (χ2v) is 4.88. The summed E-state index contributed by atoms with van der Waals surface area (Å²) in [4.78, 5) is 11.7. The summed E-state index contributed by atoms with van der Waals surface area (Å²) in [5.41, 5.74) is 6.21. The van der Waals surface area contributed by atoms with E-state index in [0.29, 0.717) is 17.3 Å². The normalized spacial score (nSPS) is 22.8. The van der Waals surface area contributed by atoms with Crippen LogP contribution in [0.5, 0.6) is 0 Å². The van der Waals surface area contributed by atoms with Crippen molar-refractivity contribution in [2.45, 2.75) is 25.4 Å². The Morgan fingerprint density at radius 1 is 1.44 bits per heavy atom. The van der Waals surface area contributed by atoms with Crippen LogP contribution in [-0.2, 0) is 4.74 Å². The van der Waals surface area contributed by atoms with Crippen molar-refractivity contribution in [1.29, 1.82) is 0 Å². The molecule has 18 heavy (non-hydrogen) atoms. The summed E-state index contributed by atoms with van der Waals surface area (Å²) in [5, 5.41) is 3.14. The third kappa shape index (κ3) is 3.15. The molecular formula is C13H17ClN2O2. The fraction of sp³-hybridized carbons (Fsp3) is 0.462. The first kappa shape index (κ1) is 13.2. The molecule has 1 aliphatic rings. The lowest BCUT2D eigenvalue weighted by Gasteiger charge is -2.18. The van der Waals surface area contributed by atoms with Gasteiger partial charge in [0, 0.05) is 5.92 Å². The Kier molecular flexibility index (Phi) is 4.44. The van der Waals surface area contributed by atoms with Crippen LogP contribution < -0.4 is 11.1 Å². The zero-order valence-electron chi connectivity index (χ0n) is 10.1. The molecule has 0 spiro atoms. The van der Waals surface area contributed by atoms with Gasteiger partial charge in [-0.1, -0.05) is 23.7 Å². The molecule has 0 saturated heterocycles. The van der Waals surface area contributed by atoms with Crippen LogP contribution in [0.3, 0.4) is 0 Å². The summed E-state index contributed by atoms with van der Waals surface area (Å²) in [6.07, 6.45) is 2.44. The maximum Gasteiger partial charge on any atom is 0.411 e. The molecule has 1 amide bonds. The van der Waals surface area contributed by atoms with E-state index in [9.17, 15) is 4.79 Å². The van der Waals surface area contributed by atoms with Gasteiger partial charge >= 0.3 is 6.09 Å². The Labute approximate surface area is 111 Å². The topological polar surface area (TPSA) is 64.3 Å². The molecule has 98 valence electrons. The van der Waals surface area contributed by atoms with E-state index >= 15 is 0 Å². The van der Waals surface area contributed by atoms with E-state index in [1.165, 1.54) is 0 Å². The van der Waals surface area contributed by atoms with Crippen molar-refractivity contribution in [1.82, 2.24) is 0 Å². The summed E-state index contributed by atoms with van der Waals surface area (Å²) in [7, 11) is 0. The predicted molar refractivity (Wildman–Crippen MR) is 71.7 cm³/mol. The number of rotatable bonds is 3. The maximum atomic E-state index is 11.7. The van der Waals surface area contributed by atoms with E-state index in [4.69, 9.17) is 22.1 Å². The number of para-hydroxylation sites is 1. The average molecular weight is 269 g/mol. The van der Waals surface area contributed by atoms with Crippen molar-refractivity contribution in [3.63, 3.8) is 0 Å². The summed E-state index contributed by atoms with van der Waals surface area (Å²) in [6.45, 7) is 0.560. The lowest BCUT2D eigenvalue weighted by Crippen LogP contribution is -2.29. The quantitative estimate of drug-likeness (QED) is 0.886. The number of nitrogens with one attached hydrogen (secondary N) is 1. The second-order valence-electron chi connectivity index (χ2n) is 4.48. The van der Waals surface area contributed by atoms with Crippen molar-refractivity contribution >= 4 is 23.4 Å². The molecule has 3 N–H and O–H groups in total. The SMILES string of the molecule is NCC1CCCC1OC(=O)Nc1ccccc1Cl. The lowest BCUT2D eigenvalue weighted by atomic mass is 10.1. The first-order valence-electron chi connectivity index (χ1n) is 6.13. The van der Waals surface area contributed by atoms with E-state index in [2.05, 4.69) is 5.32 Å². The summed E-state index contributed by atoms with van der Waals surface area (Å²) in [6, 6.07) is 7.06. The molecule has 2 rings (SSSR count). The fourth-order valence-electron chi connectivity index (χ4n) is 2.27. The number of amides is 1. The van der Waals surface area contributed by atoms with Crippen molar-refractivity contribution in [2.75, 3.05) is 11.9 Å². The van der Waals surface area contributed by atoms with E-state index in [0.717, 1.165) is 19.3 Å². The molecule has 2 unspecified atom stereocenters. The highest BCUT2D eigenvalue weighted by molar-refractivity contribution is 6.33. The minimum atomic E-state index is -0.464. The molecule has 1 aromatic rings. The first-order chi connectivity index (χ1) is 8.70. The maximum absolute atomic E-state index is 11.7. The van der Waals surface area contributed by atoms with Gasteiger partial charge in [0.1, 0.15) is 6.10 Å². The van der Waals surface area contributed by atoms with Gasteiger partial charge in [-0.05, 0) is 37.9 Å². The van der Waals surface area contributed by atoms with Gasteiger partial charge in [-0.2, -0.15) is 0 Å².